The monoisotopic (exact) mass is 538 g/mol. The van der Waals surface area contributed by atoms with E-state index in [0.29, 0.717) is 50.2 Å². The molecule has 0 fully saturated rings. The number of rotatable bonds is 9. The molecular formula is C28H30N2O7S. The fourth-order valence-electron chi connectivity index (χ4n) is 4.34. The van der Waals surface area contributed by atoms with E-state index in [9.17, 15) is 9.59 Å². The summed E-state index contributed by atoms with van der Waals surface area (Å²) in [5, 5.41) is 0. The molecule has 1 aromatic heterocycles. The predicted molar refractivity (Wildman–Crippen MR) is 144 cm³/mol. The van der Waals surface area contributed by atoms with Crippen LogP contribution in [0.1, 0.15) is 37.9 Å². The molecule has 2 aromatic carbocycles. The maximum absolute atomic E-state index is 13.9. The smallest absolute Gasteiger partial charge is 0.338 e. The van der Waals surface area contributed by atoms with E-state index in [1.807, 2.05) is 13.0 Å². The lowest BCUT2D eigenvalue weighted by molar-refractivity contribution is -0.139. The summed E-state index contributed by atoms with van der Waals surface area (Å²) in [6.45, 7) is 6.05. The second-order valence-electron chi connectivity index (χ2n) is 8.25. The van der Waals surface area contributed by atoms with Crippen molar-refractivity contribution >= 4 is 23.4 Å². The van der Waals surface area contributed by atoms with Crippen molar-refractivity contribution in [1.29, 1.82) is 0 Å². The van der Waals surface area contributed by atoms with Crippen molar-refractivity contribution in [3.8, 4) is 23.0 Å². The topological polar surface area (TPSA) is 97.6 Å². The van der Waals surface area contributed by atoms with E-state index in [0.717, 1.165) is 5.56 Å². The Morgan fingerprint density at radius 2 is 1.74 bits per heavy atom. The third-order valence-corrected chi connectivity index (χ3v) is 7.02. The van der Waals surface area contributed by atoms with Gasteiger partial charge in [0.05, 0.1) is 50.3 Å². The number of aromatic nitrogens is 1. The predicted octanol–water partition coefficient (Wildman–Crippen LogP) is 3.22. The highest BCUT2D eigenvalue weighted by molar-refractivity contribution is 7.07. The van der Waals surface area contributed by atoms with Crippen LogP contribution >= 0.6 is 11.3 Å². The first-order valence-electron chi connectivity index (χ1n) is 12.1. The molecular weight excluding hydrogens is 508 g/mol. The highest BCUT2D eigenvalue weighted by Gasteiger charge is 2.35. The molecule has 3 aromatic rings. The number of thiazole rings is 1. The van der Waals surface area contributed by atoms with Gasteiger partial charge in [0.1, 0.15) is 17.5 Å². The van der Waals surface area contributed by atoms with Crippen molar-refractivity contribution in [3.05, 3.63) is 78.5 Å². The van der Waals surface area contributed by atoms with Crippen LogP contribution in [0.25, 0.3) is 6.08 Å². The minimum atomic E-state index is -0.827. The lowest BCUT2D eigenvalue weighted by Gasteiger charge is -2.26. The van der Waals surface area contributed by atoms with Crippen LogP contribution in [0.2, 0.25) is 0 Å². The number of nitrogens with zero attached hydrogens (tertiary/aromatic N) is 2. The molecule has 0 saturated carbocycles. The molecule has 0 unspecified atom stereocenters. The molecule has 2 heterocycles. The first kappa shape index (κ1) is 27.0. The summed E-state index contributed by atoms with van der Waals surface area (Å²) in [4.78, 5) is 32.1. The summed E-state index contributed by atoms with van der Waals surface area (Å²) < 4.78 is 29.5. The van der Waals surface area contributed by atoms with E-state index < -0.39 is 12.0 Å². The van der Waals surface area contributed by atoms with E-state index in [1.54, 1.807) is 64.5 Å². The number of ether oxygens (including phenoxy) is 5. The maximum atomic E-state index is 13.9. The van der Waals surface area contributed by atoms with Gasteiger partial charge in [-0.1, -0.05) is 17.4 Å². The minimum absolute atomic E-state index is 0.182. The zero-order valence-corrected chi connectivity index (χ0v) is 23.0. The SMILES string of the molecule is CCOC(=O)C1=C(C)N=c2s/c(=C/c3ccc(OCC)c(OC)c3)c(=O)n2[C@H]1c1cc(OC)ccc1OC. The van der Waals surface area contributed by atoms with Crippen LogP contribution in [0.3, 0.4) is 0 Å². The molecule has 9 nitrogen and oxygen atoms in total. The number of methoxy groups -OCH3 is 3. The molecule has 0 N–H and O–H groups in total. The average Bonchev–Trinajstić information content (AvgIpc) is 3.22. The van der Waals surface area contributed by atoms with E-state index >= 15 is 0 Å². The van der Waals surface area contributed by atoms with Crippen molar-refractivity contribution in [2.75, 3.05) is 34.5 Å². The molecule has 0 amide bonds. The summed E-state index contributed by atoms with van der Waals surface area (Å²) in [5.74, 6) is 1.69. The summed E-state index contributed by atoms with van der Waals surface area (Å²) in [6, 6.07) is 9.89. The molecule has 0 saturated heterocycles. The molecule has 0 spiro atoms. The number of hydrogen-bond acceptors (Lipinski definition) is 9. The van der Waals surface area contributed by atoms with Gasteiger partial charge in [-0.25, -0.2) is 9.79 Å². The molecule has 200 valence electrons. The quantitative estimate of drug-likeness (QED) is 0.386. The number of allylic oxidation sites excluding steroid dienone is 1. The van der Waals surface area contributed by atoms with Gasteiger partial charge in [-0.05, 0) is 62.7 Å². The van der Waals surface area contributed by atoms with Gasteiger partial charge in [-0.15, -0.1) is 0 Å². The number of fused-ring (bicyclic) bond motifs is 1. The molecule has 4 rings (SSSR count). The fraction of sp³-hybridized carbons (Fsp3) is 0.321. The van der Waals surface area contributed by atoms with Gasteiger partial charge in [0.15, 0.2) is 16.3 Å². The van der Waals surface area contributed by atoms with Gasteiger partial charge in [-0.2, -0.15) is 0 Å². The fourth-order valence-corrected chi connectivity index (χ4v) is 5.39. The van der Waals surface area contributed by atoms with Crippen molar-refractivity contribution < 1.29 is 28.5 Å². The minimum Gasteiger partial charge on any atom is -0.497 e. The van der Waals surface area contributed by atoms with Crippen LogP contribution in [0.4, 0.5) is 0 Å². The zero-order chi connectivity index (χ0) is 27.4. The standard InChI is InChI=1S/C28H30N2O7S/c1-7-36-21-11-9-17(13-22(21)35-6)14-23-26(31)30-25(19-15-18(33-4)10-12-20(19)34-5)24(27(32)37-8-2)16(3)29-28(30)38-23/h9-15,25H,7-8H2,1-6H3/b23-14+/t25-/m0/s1. The molecule has 0 aliphatic carbocycles. The number of carbonyl (C=O) groups excluding carboxylic acids is 1. The average molecular weight is 539 g/mol. The molecule has 1 aliphatic rings. The van der Waals surface area contributed by atoms with Crippen molar-refractivity contribution in [3.63, 3.8) is 0 Å². The van der Waals surface area contributed by atoms with Crippen LogP contribution in [0.15, 0.2) is 57.5 Å². The third-order valence-electron chi connectivity index (χ3n) is 6.03. The summed E-state index contributed by atoms with van der Waals surface area (Å²) >= 11 is 1.24. The van der Waals surface area contributed by atoms with Crippen molar-refractivity contribution in [1.82, 2.24) is 4.57 Å². The first-order valence-corrected chi connectivity index (χ1v) is 12.9. The normalized spacial score (nSPS) is 15.0. The van der Waals surface area contributed by atoms with E-state index in [1.165, 1.54) is 23.0 Å². The zero-order valence-electron chi connectivity index (χ0n) is 22.2. The second-order valence-corrected chi connectivity index (χ2v) is 9.26. The van der Waals surface area contributed by atoms with Crippen LogP contribution in [-0.4, -0.2) is 45.1 Å². The number of esters is 1. The maximum Gasteiger partial charge on any atom is 0.338 e. The Labute approximate surface area is 224 Å². The highest BCUT2D eigenvalue weighted by atomic mass is 32.1. The molecule has 0 bridgehead atoms. The Kier molecular flexibility index (Phi) is 8.21. The van der Waals surface area contributed by atoms with Crippen molar-refractivity contribution in [2.24, 2.45) is 4.99 Å². The Hall–Kier alpha value is -4.05. The summed E-state index contributed by atoms with van der Waals surface area (Å²) in [5.41, 5.74) is 1.77. The van der Waals surface area contributed by atoms with Gasteiger partial charge in [0.25, 0.3) is 5.56 Å². The molecule has 0 radical (unpaired) electrons. The Balaban J connectivity index is 1.96. The molecule has 10 heteroatoms. The first-order chi connectivity index (χ1) is 18.4. The summed E-state index contributed by atoms with van der Waals surface area (Å²) in [7, 11) is 4.65. The third kappa shape index (κ3) is 5.04. The van der Waals surface area contributed by atoms with Crippen LogP contribution in [0, 0.1) is 0 Å². The van der Waals surface area contributed by atoms with E-state index in [-0.39, 0.29) is 17.7 Å². The number of carbonyl (C=O) groups is 1. The number of benzene rings is 2. The molecule has 1 aliphatic heterocycles. The second kappa shape index (κ2) is 11.6. The number of hydrogen-bond donors (Lipinski definition) is 0. The van der Waals surface area contributed by atoms with Crippen LogP contribution in [0.5, 0.6) is 23.0 Å². The van der Waals surface area contributed by atoms with Gasteiger partial charge >= 0.3 is 5.97 Å². The Bertz CT molecular complexity index is 1570. The van der Waals surface area contributed by atoms with Crippen LogP contribution < -0.4 is 33.8 Å². The molecule has 1 atom stereocenters. The largest absolute Gasteiger partial charge is 0.497 e. The van der Waals surface area contributed by atoms with Gasteiger partial charge in [0, 0.05) is 5.56 Å². The summed E-state index contributed by atoms with van der Waals surface area (Å²) in [6.07, 6.45) is 1.77. The van der Waals surface area contributed by atoms with Gasteiger partial charge in [-0.3, -0.25) is 9.36 Å². The van der Waals surface area contributed by atoms with Crippen LogP contribution in [-0.2, 0) is 9.53 Å². The van der Waals surface area contributed by atoms with E-state index in [2.05, 4.69) is 4.99 Å². The van der Waals surface area contributed by atoms with Gasteiger partial charge in [0.2, 0.25) is 0 Å². The van der Waals surface area contributed by atoms with E-state index in [4.69, 9.17) is 23.7 Å². The highest BCUT2D eigenvalue weighted by Crippen LogP contribution is 2.38. The Morgan fingerprint density at radius 3 is 2.39 bits per heavy atom. The van der Waals surface area contributed by atoms with Gasteiger partial charge < -0.3 is 23.7 Å². The lowest BCUT2D eigenvalue weighted by Crippen LogP contribution is -2.40. The molecule has 38 heavy (non-hydrogen) atoms. The Morgan fingerprint density at radius 1 is 1.00 bits per heavy atom. The lowest BCUT2D eigenvalue weighted by atomic mass is 9.94. The van der Waals surface area contributed by atoms with Crippen molar-refractivity contribution in [2.45, 2.75) is 26.8 Å².